The van der Waals surface area contributed by atoms with Crippen molar-refractivity contribution in [1.29, 1.82) is 0 Å². The number of furan rings is 1. The number of aliphatic hydroxyl groups excluding tert-OH is 1. The third kappa shape index (κ3) is 3.09. The van der Waals surface area contributed by atoms with Crippen LogP contribution in [0.3, 0.4) is 0 Å². The van der Waals surface area contributed by atoms with E-state index in [2.05, 4.69) is 5.32 Å². The molecular weight excluding hydrogens is 214 g/mol. The van der Waals surface area contributed by atoms with Crippen molar-refractivity contribution in [2.45, 2.75) is 19.4 Å². The second-order valence-corrected chi connectivity index (χ2v) is 3.29. The summed E-state index contributed by atoms with van der Waals surface area (Å²) in [6, 6.07) is 1.96. The van der Waals surface area contributed by atoms with Gasteiger partial charge in [-0.05, 0) is 19.1 Å². The molecule has 1 aromatic rings. The fraction of sp³-hybridized carbons (Fsp3) is 0.400. The molecule has 0 fully saturated rings. The highest BCUT2D eigenvalue weighted by atomic mass is 16.4. The van der Waals surface area contributed by atoms with E-state index in [9.17, 15) is 9.59 Å². The van der Waals surface area contributed by atoms with Crippen LogP contribution in [-0.4, -0.2) is 34.7 Å². The number of aryl methyl sites for hydroxylation is 1. The Hall–Kier alpha value is -1.82. The molecule has 0 aliphatic heterocycles. The van der Waals surface area contributed by atoms with E-state index in [1.165, 1.54) is 6.07 Å². The minimum Gasteiger partial charge on any atom is -0.480 e. The fourth-order valence-electron chi connectivity index (χ4n) is 1.17. The zero-order chi connectivity index (χ0) is 12.1. The summed E-state index contributed by atoms with van der Waals surface area (Å²) >= 11 is 0. The molecule has 0 radical (unpaired) electrons. The highest BCUT2D eigenvalue weighted by Gasteiger charge is 2.21. The summed E-state index contributed by atoms with van der Waals surface area (Å²) in [5.41, 5.74) is 0. The van der Waals surface area contributed by atoms with Gasteiger partial charge in [-0.2, -0.15) is 0 Å². The summed E-state index contributed by atoms with van der Waals surface area (Å²) < 4.78 is 5.04. The Kier molecular flexibility index (Phi) is 4.07. The topological polar surface area (TPSA) is 99.8 Å². The monoisotopic (exact) mass is 227 g/mol. The first-order valence-corrected chi connectivity index (χ1v) is 4.75. The maximum absolute atomic E-state index is 11.5. The van der Waals surface area contributed by atoms with E-state index >= 15 is 0 Å². The molecule has 1 unspecified atom stereocenters. The molecular formula is C10H13NO5. The Bertz CT molecular complexity index is 384. The molecule has 0 saturated carbocycles. The van der Waals surface area contributed by atoms with Crippen LogP contribution in [0.5, 0.6) is 0 Å². The number of rotatable bonds is 5. The van der Waals surface area contributed by atoms with E-state index in [4.69, 9.17) is 14.6 Å². The predicted octanol–water partition coefficient (Wildman–Crippen LogP) is 0.153. The van der Waals surface area contributed by atoms with E-state index in [0.29, 0.717) is 5.76 Å². The smallest absolute Gasteiger partial charge is 0.326 e. The van der Waals surface area contributed by atoms with Crippen molar-refractivity contribution < 1.29 is 24.2 Å². The number of amides is 1. The lowest BCUT2D eigenvalue weighted by atomic mass is 10.2. The van der Waals surface area contributed by atoms with Gasteiger partial charge in [-0.3, -0.25) is 4.79 Å². The van der Waals surface area contributed by atoms with Crippen LogP contribution in [0.1, 0.15) is 22.7 Å². The van der Waals surface area contributed by atoms with Crippen molar-refractivity contribution in [2.75, 3.05) is 6.61 Å². The Morgan fingerprint density at radius 2 is 2.19 bits per heavy atom. The summed E-state index contributed by atoms with van der Waals surface area (Å²) in [7, 11) is 0. The van der Waals surface area contributed by atoms with Crippen LogP contribution in [0, 0.1) is 6.92 Å². The first-order valence-electron chi connectivity index (χ1n) is 4.75. The number of hydrogen-bond donors (Lipinski definition) is 3. The average Bonchev–Trinajstić information content (AvgIpc) is 2.64. The van der Waals surface area contributed by atoms with Crippen LogP contribution in [-0.2, 0) is 4.79 Å². The molecule has 1 aromatic heterocycles. The predicted molar refractivity (Wildman–Crippen MR) is 54.0 cm³/mol. The summed E-state index contributed by atoms with van der Waals surface area (Å²) in [5, 5.41) is 19.6. The van der Waals surface area contributed by atoms with Crippen LogP contribution in [0.25, 0.3) is 0 Å². The lowest BCUT2D eigenvalue weighted by molar-refractivity contribution is -0.139. The lowest BCUT2D eigenvalue weighted by Crippen LogP contribution is -2.41. The summed E-state index contributed by atoms with van der Waals surface area (Å²) in [6.45, 7) is 1.37. The highest BCUT2D eigenvalue weighted by Crippen LogP contribution is 2.06. The van der Waals surface area contributed by atoms with Crippen molar-refractivity contribution >= 4 is 11.9 Å². The van der Waals surface area contributed by atoms with Gasteiger partial charge in [0, 0.05) is 13.0 Å². The molecule has 0 aromatic carbocycles. The van der Waals surface area contributed by atoms with Gasteiger partial charge in [0.25, 0.3) is 5.91 Å². The van der Waals surface area contributed by atoms with Gasteiger partial charge in [-0.15, -0.1) is 0 Å². The van der Waals surface area contributed by atoms with E-state index in [1.54, 1.807) is 13.0 Å². The molecule has 6 nitrogen and oxygen atoms in total. The maximum Gasteiger partial charge on any atom is 0.326 e. The molecule has 0 spiro atoms. The Balaban J connectivity index is 2.65. The van der Waals surface area contributed by atoms with Crippen molar-refractivity contribution in [3.05, 3.63) is 23.7 Å². The molecule has 1 amide bonds. The zero-order valence-corrected chi connectivity index (χ0v) is 8.77. The third-order valence-electron chi connectivity index (χ3n) is 1.99. The normalized spacial score (nSPS) is 12.1. The van der Waals surface area contributed by atoms with E-state index in [-0.39, 0.29) is 18.8 Å². The standard InChI is InChI=1S/C10H13NO5/c1-6-2-3-8(16-6)9(13)11-7(4-5-12)10(14)15/h2-3,7,12H,4-5H2,1H3,(H,11,13)(H,14,15). The van der Waals surface area contributed by atoms with Gasteiger partial charge in [0.05, 0.1) is 0 Å². The Morgan fingerprint density at radius 3 is 2.62 bits per heavy atom. The van der Waals surface area contributed by atoms with Crippen LogP contribution in [0.2, 0.25) is 0 Å². The molecule has 1 heterocycles. The molecule has 0 saturated heterocycles. The van der Waals surface area contributed by atoms with Gasteiger partial charge in [0.15, 0.2) is 5.76 Å². The van der Waals surface area contributed by atoms with Crippen molar-refractivity contribution in [1.82, 2.24) is 5.32 Å². The number of aliphatic hydroxyl groups is 1. The van der Waals surface area contributed by atoms with Gasteiger partial charge in [-0.25, -0.2) is 4.79 Å². The third-order valence-corrected chi connectivity index (χ3v) is 1.99. The molecule has 3 N–H and O–H groups in total. The van der Waals surface area contributed by atoms with Crippen molar-refractivity contribution in [3.63, 3.8) is 0 Å². The molecule has 88 valence electrons. The number of aliphatic carboxylic acids is 1. The fourth-order valence-corrected chi connectivity index (χ4v) is 1.17. The first-order chi connectivity index (χ1) is 7.54. The molecule has 0 aliphatic carbocycles. The lowest BCUT2D eigenvalue weighted by Gasteiger charge is -2.11. The molecule has 0 aliphatic rings. The molecule has 16 heavy (non-hydrogen) atoms. The van der Waals surface area contributed by atoms with Gasteiger partial charge >= 0.3 is 5.97 Å². The molecule has 1 rings (SSSR count). The maximum atomic E-state index is 11.5. The largest absolute Gasteiger partial charge is 0.480 e. The Labute approximate surface area is 91.9 Å². The molecule has 6 heteroatoms. The summed E-state index contributed by atoms with van der Waals surface area (Å²) in [5.74, 6) is -1.17. The first kappa shape index (κ1) is 12.3. The second-order valence-electron chi connectivity index (χ2n) is 3.29. The highest BCUT2D eigenvalue weighted by molar-refractivity contribution is 5.94. The number of nitrogens with one attached hydrogen (secondary N) is 1. The molecule has 0 bridgehead atoms. The van der Waals surface area contributed by atoms with Crippen LogP contribution in [0.4, 0.5) is 0 Å². The van der Waals surface area contributed by atoms with Gasteiger partial charge < -0.3 is 19.9 Å². The van der Waals surface area contributed by atoms with Gasteiger partial charge in [-0.1, -0.05) is 0 Å². The van der Waals surface area contributed by atoms with Crippen LogP contribution < -0.4 is 5.32 Å². The second kappa shape index (κ2) is 5.32. The Morgan fingerprint density at radius 1 is 1.50 bits per heavy atom. The van der Waals surface area contributed by atoms with Crippen LogP contribution in [0.15, 0.2) is 16.5 Å². The molecule has 1 atom stereocenters. The van der Waals surface area contributed by atoms with Crippen LogP contribution >= 0.6 is 0 Å². The van der Waals surface area contributed by atoms with E-state index in [0.717, 1.165) is 0 Å². The number of carboxylic acids is 1. The number of carbonyl (C=O) groups excluding carboxylic acids is 1. The summed E-state index contributed by atoms with van der Waals surface area (Å²) in [4.78, 5) is 22.2. The van der Waals surface area contributed by atoms with Gasteiger partial charge in [0.1, 0.15) is 11.8 Å². The number of carbonyl (C=O) groups is 2. The number of carboxylic acid groups (broad SMARTS) is 1. The van der Waals surface area contributed by atoms with Gasteiger partial charge in [0.2, 0.25) is 0 Å². The van der Waals surface area contributed by atoms with E-state index in [1.807, 2.05) is 0 Å². The average molecular weight is 227 g/mol. The SMILES string of the molecule is Cc1ccc(C(=O)NC(CCO)C(=O)O)o1. The quantitative estimate of drug-likeness (QED) is 0.665. The van der Waals surface area contributed by atoms with Crippen molar-refractivity contribution in [2.24, 2.45) is 0 Å². The van der Waals surface area contributed by atoms with E-state index < -0.39 is 17.9 Å². The van der Waals surface area contributed by atoms with Crippen molar-refractivity contribution in [3.8, 4) is 0 Å². The summed E-state index contributed by atoms with van der Waals surface area (Å²) in [6.07, 6.45) is -0.0409. The number of hydrogen-bond acceptors (Lipinski definition) is 4. The zero-order valence-electron chi connectivity index (χ0n) is 8.77. The minimum atomic E-state index is -1.19. The minimum absolute atomic E-state index is 0.0409.